The Labute approximate surface area is 144 Å². The van der Waals surface area contributed by atoms with Crippen molar-refractivity contribution in [3.05, 3.63) is 89.7 Å². The number of rotatable bonds is 5. The molecule has 6 heteroatoms. The molecule has 0 amide bonds. The van der Waals surface area contributed by atoms with Crippen LogP contribution in [0.25, 0.3) is 0 Å². The highest BCUT2D eigenvalue weighted by Gasteiger charge is 2.15. The van der Waals surface area contributed by atoms with Gasteiger partial charge in [-0.05, 0) is 17.2 Å². The summed E-state index contributed by atoms with van der Waals surface area (Å²) in [6, 6.07) is 20.0. The minimum atomic E-state index is -0.661. The third-order valence-electron chi connectivity index (χ3n) is 3.40. The second-order valence-electron chi connectivity index (χ2n) is 5.25. The normalized spacial score (nSPS) is 10.2. The predicted molar refractivity (Wildman–Crippen MR) is 89.8 cm³/mol. The Morgan fingerprint density at radius 3 is 1.96 bits per heavy atom. The fraction of sp³-hybridized carbons (Fsp3) is 0.105. The zero-order chi connectivity index (χ0) is 17.5. The highest BCUT2D eigenvalue weighted by Crippen LogP contribution is 2.06. The van der Waals surface area contributed by atoms with Crippen LogP contribution in [0.4, 0.5) is 4.79 Å². The Morgan fingerprint density at radius 1 is 0.800 bits per heavy atom. The largest absolute Gasteiger partial charge is 0.456 e. The van der Waals surface area contributed by atoms with Crippen LogP contribution < -0.4 is 0 Å². The quantitative estimate of drug-likeness (QED) is 0.668. The van der Waals surface area contributed by atoms with Crippen LogP contribution in [0, 0.1) is 0 Å². The van der Waals surface area contributed by atoms with E-state index in [2.05, 4.69) is 5.10 Å². The lowest BCUT2D eigenvalue weighted by atomic mass is 10.2. The molecule has 0 aliphatic carbocycles. The van der Waals surface area contributed by atoms with Gasteiger partial charge in [0, 0.05) is 6.20 Å². The van der Waals surface area contributed by atoms with Crippen LogP contribution in [0.2, 0.25) is 0 Å². The van der Waals surface area contributed by atoms with Gasteiger partial charge in [0.25, 0.3) is 0 Å². The summed E-state index contributed by atoms with van der Waals surface area (Å²) in [6.45, 7) is 0.276. The van der Waals surface area contributed by atoms with Gasteiger partial charge in [-0.25, -0.2) is 9.59 Å². The Kier molecular flexibility index (Phi) is 5.21. The van der Waals surface area contributed by atoms with Gasteiger partial charge in [-0.3, -0.25) is 0 Å². The Morgan fingerprint density at radius 2 is 1.36 bits per heavy atom. The van der Waals surface area contributed by atoms with E-state index in [-0.39, 0.29) is 18.9 Å². The van der Waals surface area contributed by atoms with Gasteiger partial charge in [0.1, 0.15) is 13.2 Å². The topological polar surface area (TPSA) is 70.4 Å². The fourth-order valence-electron chi connectivity index (χ4n) is 2.12. The molecule has 0 radical (unpaired) electrons. The zero-order valence-corrected chi connectivity index (χ0v) is 13.4. The first-order valence-electron chi connectivity index (χ1n) is 7.70. The summed E-state index contributed by atoms with van der Waals surface area (Å²) in [4.78, 5) is 23.9. The van der Waals surface area contributed by atoms with Gasteiger partial charge in [-0.15, -0.1) is 0 Å². The number of nitrogens with zero attached hydrogens (tertiary/aromatic N) is 2. The molecule has 2 aromatic carbocycles. The standard InChI is InChI=1S/C19H16N2O4/c22-18(24-13-15-7-3-1-4-8-15)17-11-12-21(20-17)19(23)25-14-16-9-5-2-6-10-16/h1-12H,13-14H2. The maximum atomic E-state index is 12.0. The molecule has 0 saturated carbocycles. The number of carbonyl (C=O) groups excluding carboxylic acids is 2. The molecule has 1 heterocycles. The van der Waals surface area contributed by atoms with Crippen LogP contribution in [-0.4, -0.2) is 21.8 Å². The van der Waals surface area contributed by atoms with Crippen molar-refractivity contribution in [2.24, 2.45) is 0 Å². The lowest BCUT2D eigenvalue weighted by molar-refractivity contribution is 0.0465. The second-order valence-corrected chi connectivity index (χ2v) is 5.25. The monoisotopic (exact) mass is 336 g/mol. The van der Waals surface area contributed by atoms with E-state index in [1.807, 2.05) is 60.7 Å². The summed E-state index contributed by atoms with van der Waals surface area (Å²) in [5, 5.41) is 3.90. The zero-order valence-electron chi connectivity index (χ0n) is 13.4. The van der Waals surface area contributed by atoms with E-state index in [1.165, 1.54) is 12.3 Å². The summed E-state index contributed by atoms with van der Waals surface area (Å²) in [5.41, 5.74) is 1.79. The lowest BCUT2D eigenvalue weighted by Gasteiger charge is -2.04. The number of esters is 1. The van der Waals surface area contributed by atoms with Crippen LogP contribution in [-0.2, 0) is 22.7 Å². The molecule has 6 nitrogen and oxygen atoms in total. The van der Waals surface area contributed by atoms with Crippen molar-refractivity contribution in [3.8, 4) is 0 Å². The third-order valence-corrected chi connectivity index (χ3v) is 3.40. The number of benzene rings is 2. The maximum absolute atomic E-state index is 12.0. The number of aromatic nitrogens is 2. The molecule has 0 aliphatic rings. The molecular formula is C19H16N2O4. The van der Waals surface area contributed by atoms with E-state index in [4.69, 9.17) is 9.47 Å². The van der Waals surface area contributed by atoms with Crippen molar-refractivity contribution in [1.82, 2.24) is 9.78 Å². The molecule has 0 unspecified atom stereocenters. The summed E-state index contributed by atoms with van der Waals surface area (Å²) in [5.74, 6) is -0.599. The van der Waals surface area contributed by atoms with Crippen LogP contribution in [0.1, 0.15) is 21.6 Å². The van der Waals surface area contributed by atoms with Gasteiger partial charge < -0.3 is 9.47 Å². The van der Waals surface area contributed by atoms with Gasteiger partial charge >= 0.3 is 12.1 Å². The second kappa shape index (κ2) is 7.92. The first-order valence-corrected chi connectivity index (χ1v) is 7.70. The van der Waals surface area contributed by atoms with Crippen molar-refractivity contribution >= 4 is 12.1 Å². The van der Waals surface area contributed by atoms with Gasteiger partial charge in [0.15, 0.2) is 5.69 Å². The van der Waals surface area contributed by atoms with E-state index in [1.54, 1.807) is 0 Å². The summed E-state index contributed by atoms with van der Waals surface area (Å²) < 4.78 is 11.3. The fourth-order valence-corrected chi connectivity index (χ4v) is 2.12. The molecule has 0 N–H and O–H groups in total. The molecular weight excluding hydrogens is 320 g/mol. The minimum Gasteiger partial charge on any atom is -0.456 e. The molecule has 3 aromatic rings. The predicted octanol–water partition coefficient (Wildman–Crippen LogP) is 3.43. The van der Waals surface area contributed by atoms with Gasteiger partial charge in [0.05, 0.1) is 0 Å². The molecule has 25 heavy (non-hydrogen) atoms. The van der Waals surface area contributed by atoms with Gasteiger partial charge in [-0.2, -0.15) is 9.78 Å². The van der Waals surface area contributed by atoms with Gasteiger partial charge in [-0.1, -0.05) is 60.7 Å². The van der Waals surface area contributed by atoms with Crippen molar-refractivity contribution in [2.75, 3.05) is 0 Å². The van der Waals surface area contributed by atoms with E-state index in [0.29, 0.717) is 0 Å². The number of hydrogen-bond acceptors (Lipinski definition) is 5. The number of ether oxygens (including phenoxy) is 2. The molecule has 0 atom stereocenters. The van der Waals surface area contributed by atoms with Crippen molar-refractivity contribution < 1.29 is 19.1 Å². The first-order chi connectivity index (χ1) is 12.2. The summed E-state index contributed by atoms with van der Waals surface area (Å²) in [7, 11) is 0. The molecule has 0 fully saturated rings. The van der Waals surface area contributed by atoms with E-state index < -0.39 is 12.1 Å². The lowest BCUT2D eigenvalue weighted by Crippen LogP contribution is -2.15. The first kappa shape index (κ1) is 16.4. The van der Waals surface area contributed by atoms with Crippen molar-refractivity contribution in [2.45, 2.75) is 13.2 Å². The van der Waals surface area contributed by atoms with E-state index >= 15 is 0 Å². The summed E-state index contributed by atoms with van der Waals surface area (Å²) in [6.07, 6.45) is 0.706. The average Bonchev–Trinajstić information content (AvgIpc) is 3.16. The van der Waals surface area contributed by atoms with Crippen molar-refractivity contribution in [3.63, 3.8) is 0 Å². The Hall–Kier alpha value is -3.41. The van der Waals surface area contributed by atoms with Crippen LogP contribution >= 0.6 is 0 Å². The molecule has 0 spiro atoms. The van der Waals surface area contributed by atoms with E-state index in [0.717, 1.165) is 15.8 Å². The van der Waals surface area contributed by atoms with E-state index in [9.17, 15) is 9.59 Å². The van der Waals surface area contributed by atoms with Crippen LogP contribution in [0.15, 0.2) is 72.9 Å². The molecule has 0 bridgehead atoms. The Balaban J connectivity index is 1.54. The molecule has 3 rings (SSSR count). The SMILES string of the molecule is O=C(OCc1ccccc1)c1ccn(C(=O)OCc2ccccc2)n1. The average molecular weight is 336 g/mol. The molecule has 0 aliphatic heterocycles. The maximum Gasteiger partial charge on any atom is 0.435 e. The third kappa shape index (κ3) is 4.54. The molecule has 1 aromatic heterocycles. The molecule has 0 saturated heterocycles. The highest BCUT2D eigenvalue weighted by molar-refractivity contribution is 5.87. The van der Waals surface area contributed by atoms with Crippen LogP contribution in [0.5, 0.6) is 0 Å². The Bertz CT molecular complexity index is 774. The number of hydrogen-bond donors (Lipinski definition) is 0. The van der Waals surface area contributed by atoms with Crippen LogP contribution in [0.3, 0.4) is 0 Å². The summed E-state index contributed by atoms with van der Waals surface area (Å²) >= 11 is 0. The van der Waals surface area contributed by atoms with Crippen molar-refractivity contribution in [1.29, 1.82) is 0 Å². The van der Waals surface area contributed by atoms with Gasteiger partial charge in [0.2, 0.25) is 0 Å². The molecule has 126 valence electrons. The minimum absolute atomic E-state index is 0.0487. The number of carbonyl (C=O) groups is 2. The smallest absolute Gasteiger partial charge is 0.435 e. The highest BCUT2D eigenvalue weighted by atomic mass is 16.6.